The van der Waals surface area contributed by atoms with E-state index >= 15 is 0 Å². The maximum atomic E-state index is 13.5. The van der Waals surface area contributed by atoms with Crippen molar-refractivity contribution in [3.8, 4) is 17.3 Å². The number of hydrogen-bond donors (Lipinski definition) is 0. The van der Waals surface area contributed by atoms with Crippen LogP contribution in [0.3, 0.4) is 0 Å². The van der Waals surface area contributed by atoms with Gasteiger partial charge in [0.2, 0.25) is 5.95 Å². The standard InChI is InChI=1S/C14H8F4N2/c15-13-10(7-8-19)3-6-12(20-13)9-1-4-11(5-2-9)14(16,17)18/h1-6H,7H2. The minimum atomic E-state index is -4.41. The number of alkyl halides is 3. The summed E-state index contributed by atoms with van der Waals surface area (Å²) in [7, 11) is 0. The van der Waals surface area contributed by atoms with Crippen LogP contribution >= 0.6 is 0 Å². The lowest BCUT2D eigenvalue weighted by Crippen LogP contribution is -2.04. The zero-order valence-corrected chi connectivity index (χ0v) is 10.1. The van der Waals surface area contributed by atoms with E-state index in [9.17, 15) is 17.6 Å². The van der Waals surface area contributed by atoms with Crippen molar-refractivity contribution >= 4 is 0 Å². The minimum absolute atomic E-state index is 0.105. The number of pyridine rings is 1. The predicted octanol–water partition coefficient (Wildman–Crippen LogP) is 3.97. The van der Waals surface area contributed by atoms with E-state index < -0.39 is 17.7 Å². The first kappa shape index (κ1) is 14.0. The third-order valence-electron chi connectivity index (χ3n) is 2.70. The predicted molar refractivity (Wildman–Crippen MR) is 64.0 cm³/mol. The normalized spacial score (nSPS) is 11.2. The monoisotopic (exact) mass is 280 g/mol. The van der Waals surface area contributed by atoms with Crippen LogP contribution < -0.4 is 0 Å². The molecule has 0 bridgehead atoms. The van der Waals surface area contributed by atoms with Crippen molar-refractivity contribution in [1.29, 1.82) is 5.26 Å². The Hall–Kier alpha value is -2.42. The molecular formula is C14H8F4N2. The minimum Gasteiger partial charge on any atom is -0.219 e. The van der Waals surface area contributed by atoms with Crippen LogP contribution in [0, 0.1) is 17.3 Å². The zero-order chi connectivity index (χ0) is 14.8. The van der Waals surface area contributed by atoms with E-state index in [-0.39, 0.29) is 17.7 Å². The molecule has 1 aromatic carbocycles. The van der Waals surface area contributed by atoms with Crippen LogP contribution in [0.1, 0.15) is 11.1 Å². The lowest BCUT2D eigenvalue weighted by Gasteiger charge is -2.08. The average molecular weight is 280 g/mol. The van der Waals surface area contributed by atoms with E-state index in [4.69, 9.17) is 5.26 Å². The fourth-order valence-corrected chi connectivity index (χ4v) is 1.67. The first-order chi connectivity index (χ1) is 9.41. The third kappa shape index (κ3) is 2.94. The van der Waals surface area contributed by atoms with Crippen LogP contribution in [0.4, 0.5) is 17.6 Å². The second-order valence-corrected chi connectivity index (χ2v) is 4.06. The van der Waals surface area contributed by atoms with Gasteiger partial charge in [-0.15, -0.1) is 0 Å². The van der Waals surface area contributed by atoms with Crippen LogP contribution in [0.5, 0.6) is 0 Å². The van der Waals surface area contributed by atoms with Crippen molar-refractivity contribution in [3.63, 3.8) is 0 Å². The summed E-state index contributed by atoms with van der Waals surface area (Å²) < 4.78 is 50.8. The van der Waals surface area contributed by atoms with E-state index in [0.717, 1.165) is 12.1 Å². The Balaban J connectivity index is 2.33. The SMILES string of the molecule is N#CCc1ccc(-c2ccc(C(F)(F)F)cc2)nc1F. The molecule has 0 aliphatic heterocycles. The molecule has 2 nitrogen and oxygen atoms in total. The van der Waals surface area contributed by atoms with Crippen LogP contribution in [-0.4, -0.2) is 4.98 Å². The number of benzene rings is 1. The number of nitrogens with zero attached hydrogens (tertiary/aromatic N) is 2. The zero-order valence-electron chi connectivity index (χ0n) is 10.1. The molecule has 0 radical (unpaired) electrons. The smallest absolute Gasteiger partial charge is 0.219 e. The van der Waals surface area contributed by atoms with Gasteiger partial charge in [-0.05, 0) is 18.2 Å². The molecule has 6 heteroatoms. The quantitative estimate of drug-likeness (QED) is 0.616. The molecule has 0 spiro atoms. The van der Waals surface area contributed by atoms with Crippen molar-refractivity contribution in [2.75, 3.05) is 0 Å². The Morgan fingerprint density at radius 2 is 1.70 bits per heavy atom. The highest BCUT2D eigenvalue weighted by molar-refractivity contribution is 5.59. The van der Waals surface area contributed by atoms with Gasteiger partial charge < -0.3 is 0 Å². The summed E-state index contributed by atoms with van der Waals surface area (Å²) >= 11 is 0. The van der Waals surface area contributed by atoms with E-state index in [2.05, 4.69) is 4.98 Å². The van der Waals surface area contributed by atoms with Gasteiger partial charge in [-0.25, -0.2) is 4.98 Å². The van der Waals surface area contributed by atoms with Gasteiger partial charge in [-0.3, -0.25) is 0 Å². The van der Waals surface area contributed by atoms with E-state index in [1.807, 2.05) is 0 Å². The van der Waals surface area contributed by atoms with Crippen molar-refractivity contribution in [2.45, 2.75) is 12.6 Å². The van der Waals surface area contributed by atoms with Gasteiger partial charge in [-0.1, -0.05) is 18.2 Å². The molecule has 0 amide bonds. The van der Waals surface area contributed by atoms with Gasteiger partial charge in [0, 0.05) is 11.1 Å². The van der Waals surface area contributed by atoms with E-state index in [1.165, 1.54) is 24.3 Å². The number of aromatic nitrogens is 1. The molecule has 0 N–H and O–H groups in total. The molecule has 1 heterocycles. The molecule has 1 aromatic heterocycles. The fourth-order valence-electron chi connectivity index (χ4n) is 1.67. The van der Waals surface area contributed by atoms with Crippen LogP contribution in [0.2, 0.25) is 0 Å². The molecule has 0 atom stereocenters. The van der Waals surface area contributed by atoms with E-state index in [0.29, 0.717) is 5.56 Å². The van der Waals surface area contributed by atoms with Gasteiger partial charge in [0.1, 0.15) is 0 Å². The third-order valence-corrected chi connectivity index (χ3v) is 2.70. The second kappa shape index (κ2) is 5.29. The largest absolute Gasteiger partial charge is 0.416 e. The van der Waals surface area contributed by atoms with Gasteiger partial charge >= 0.3 is 6.18 Å². The first-order valence-corrected chi connectivity index (χ1v) is 5.62. The van der Waals surface area contributed by atoms with Crippen molar-refractivity contribution in [3.05, 3.63) is 53.5 Å². The average Bonchev–Trinajstić information content (AvgIpc) is 2.40. The maximum absolute atomic E-state index is 13.5. The van der Waals surface area contributed by atoms with Crippen molar-refractivity contribution < 1.29 is 17.6 Å². The molecular weight excluding hydrogens is 272 g/mol. The first-order valence-electron chi connectivity index (χ1n) is 5.62. The molecule has 0 saturated carbocycles. The molecule has 0 fully saturated rings. The summed E-state index contributed by atoms with van der Waals surface area (Å²) in [6.45, 7) is 0. The Bertz CT molecular complexity index is 654. The number of nitriles is 1. The van der Waals surface area contributed by atoms with Gasteiger partial charge in [-0.2, -0.15) is 22.8 Å². The van der Waals surface area contributed by atoms with Gasteiger partial charge in [0.15, 0.2) is 0 Å². The lowest BCUT2D eigenvalue weighted by molar-refractivity contribution is -0.137. The van der Waals surface area contributed by atoms with E-state index in [1.54, 1.807) is 6.07 Å². The Morgan fingerprint density at radius 1 is 1.05 bits per heavy atom. The Labute approximate surface area is 112 Å². The molecule has 2 aromatic rings. The van der Waals surface area contributed by atoms with Crippen LogP contribution in [-0.2, 0) is 12.6 Å². The summed E-state index contributed by atoms with van der Waals surface area (Å²) in [4.78, 5) is 3.65. The van der Waals surface area contributed by atoms with Crippen molar-refractivity contribution in [1.82, 2.24) is 4.98 Å². The molecule has 0 saturated heterocycles. The maximum Gasteiger partial charge on any atom is 0.416 e. The van der Waals surface area contributed by atoms with Crippen LogP contribution in [0.15, 0.2) is 36.4 Å². The summed E-state index contributed by atoms with van der Waals surface area (Å²) in [5, 5.41) is 8.49. The topological polar surface area (TPSA) is 36.7 Å². The number of halogens is 4. The summed E-state index contributed by atoms with van der Waals surface area (Å²) in [5.41, 5.74) is -0.0238. The van der Waals surface area contributed by atoms with Crippen LogP contribution in [0.25, 0.3) is 11.3 Å². The molecule has 0 aliphatic rings. The lowest BCUT2D eigenvalue weighted by atomic mass is 10.1. The number of hydrogen-bond acceptors (Lipinski definition) is 2. The highest BCUT2D eigenvalue weighted by Crippen LogP contribution is 2.30. The summed E-state index contributed by atoms with van der Waals surface area (Å²) in [6.07, 6.45) is -4.51. The second-order valence-electron chi connectivity index (χ2n) is 4.06. The molecule has 0 unspecified atom stereocenters. The van der Waals surface area contributed by atoms with Gasteiger partial charge in [0.25, 0.3) is 0 Å². The van der Waals surface area contributed by atoms with Gasteiger partial charge in [0.05, 0.1) is 23.7 Å². The molecule has 2 rings (SSSR count). The summed E-state index contributed by atoms with van der Waals surface area (Å²) in [5.74, 6) is -0.788. The highest BCUT2D eigenvalue weighted by atomic mass is 19.4. The number of rotatable bonds is 2. The molecule has 20 heavy (non-hydrogen) atoms. The molecule has 102 valence electrons. The summed E-state index contributed by atoms with van der Waals surface area (Å²) in [6, 6.07) is 8.97. The fraction of sp³-hybridized carbons (Fsp3) is 0.143. The Morgan fingerprint density at radius 3 is 2.20 bits per heavy atom. The Kier molecular flexibility index (Phi) is 3.70. The molecule has 0 aliphatic carbocycles. The van der Waals surface area contributed by atoms with Crippen molar-refractivity contribution in [2.24, 2.45) is 0 Å². The highest BCUT2D eigenvalue weighted by Gasteiger charge is 2.30.